The Bertz CT molecular complexity index is 445. The number of carbonyl (C=O) groups is 1. The summed E-state index contributed by atoms with van der Waals surface area (Å²) in [4.78, 5) is 11.7. The minimum absolute atomic E-state index is 0.0270. The Morgan fingerprint density at radius 2 is 2.05 bits per heavy atom. The number of hydrogen-bond donors (Lipinski definition) is 0. The monoisotopic (exact) mass is 392 g/mol. The molecule has 0 radical (unpaired) electrons. The van der Waals surface area contributed by atoms with Gasteiger partial charge in [0.15, 0.2) is 6.10 Å². The first-order valence-corrected chi connectivity index (χ1v) is 7.70. The fourth-order valence-electron chi connectivity index (χ4n) is 1.80. The maximum atomic E-state index is 11.7. The van der Waals surface area contributed by atoms with Crippen molar-refractivity contribution in [2.45, 2.75) is 39.4 Å². The highest BCUT2D eigenvalue weighted by molar-refractivity contribution is 14.1. The number of carbonyl (C=O) groups excluding carboxylic acids is 1. The van der Waals surface area contributed by atoms with E-state index in [0.29, 0.717) is 13.0 Å². The predicted molar refractivity (Wildman–Crippen MR) is 86.1 cm³/mol. The molecule has 5 heteroatoms. The zero-order valence-electron chi connectivity index (χ0n) is 12.3. The van der Waals surface area contributed by atoms with E-state index >= 15 is 0 Å². The van der Waals surface area contributed by atoms with Crippen molar-refractivity contribution < 1.29 is 19.0 Å². The second kappa shape index (κ2) is 8.46. The first-order valence-electron chi connectivity index (χ1n) is 6.62. The summed E-state index contributed by atoms with van der Waals surface area (Å²) in [6, 6.07) is 5.88. The number of benzene rings is 1. The summed E-state index contributed by atoms with van der Waals surface area (Å²) in [5.74, 6) is 0.513. The van der Waals surface area contributed by atoms with E-state index in [1.807, 2.05) is 39.0 Å². The zero-order chi connectivity index (χ0) is 15.1. The van der Waals surface area contributed by atoms with Crippen LogP contribution in [0.5, 0.6) is 5.75 Å². The van der Waals surface area contributed by atoms with Gasteiger partial charge < -0.3 is 14.2 Å². The topological polar surface area (TPSA) is 44.8 Å². The van der Waals surface area contributed by atoms with Crippen LogP contribution in [0.4, 0.5) is 0 Å². The molecule has 0 aromatic heterocycles. The largest absolute Gasteiger partial charge is 0.493 e. The molecule has 0 heterocycles. The van der Waals surface area contributed by atoms with E-state index in [1.165, 1.54) is 7.11 Å². The predicted octanol–water partition coefficient (Wildman–Crippen LogP) is 3.20. The molecule has 0 aliphatic rings. The van der Waals surface area contributed by atoms with Gasteiger partial charge in [0.05, 0.1) is 23.4 Å². The van der Waals surface area contributed by atoms with Gasteiger partial charge in [-0.3, -0.25) is 0 Å². The molecule has 0 aliphatic heterocycles. The Morgan fingerprint density at radius 1 is 1.35 bits per heavy atom. The van der Waals surface area contributed by atoms with E-state index in [-0.39, 0.29) is 12.1 Å². The SMILES string of the molecule is CCOc1ccc(CC(OC(C)C)C(=O)OC)cc1I. The van der Waals surface area contributed by atoms with E-state index in [1.54, 1.807) is 0 Å². The third kappa shape index (κ3) is 5.28. The van der Waals surface area contributed by atoms with Crippen molar-refractivity contribution in [3.05, 3.63) is 27.3 Å². The molecule has 0 N–H and O–H groups in total. The fraction of sp³-hybridized carbons (Fsp3) is 0.533. The standard InChI is InChI=1S/C15H21IO4/c1-5-19-13-7-6-11(8-12(13)16)9-14(15(17)18-4)20-10(2)3/h6-8,10,14H,5,9H2,1-4H3. The summed E-state index contributed by atoms with van der Waals surface area (Å²) in [6.07, 6.45) is -0.109. The molecule has 0 spiro atoms. The molecule has 4 nitrogen and oxygen atoms in total. The zero-order valence-corrected chi connectivity index (χ0v) is 14.5. The van der Waals surface area contributed by atoms with Gasteiger partial charge in [-0.05, 0) is 61.1 Å². The highest BCUT2D eigenvalue weighted by Crippen LogP contribution is 2.23. The fourth-order valence-corrected chi connectivity index (χ4v) is 2.54. The first-order chi connectivity index (χ1) is 9.47. The van der Waals surface area contributed by atoms with Crippen LogP contribution in [0.25, 0.3) is 0 Å². The molecule has 1 rings (SSSR count). The van der Waals surface area contributed by atoms with Crippen molar-refractivity contribution in [3.8, 4) is 5.75 Å². The Morgan fingerprint density at radius 3 is 2.55 bits per heavy atom. The van der Waals surface area contributed by atoms with Crippen molar-refractivity contribution in [1.29, 1.82) is 0 Å². The van der Waals surface area contributed by atoms with Crippen LogP contribution in [0, 0.1) is 3.57 Å². The maximum absolute atomic E-state index is 11.7. The van der Waals surface area contributed by atoms with Gasteiger partial charge in [0.25, 0.3) is 0 Å². The summed E-state index contributed by atoms with van der Waals surface area (Å²) < 4.78 is 16.9. The Balaban J connectivity index is 2.82. The van der Waals surface area contributed by atoms with E-state index in [4.69, 9.17) is 14.2 Å². The molecule has 0 aliphatic carbocycles. The van der Waals surface area contributed by atoms with Gasteiger partial charge >= 0.3 is 5.97 Å². The Kier molecular flexibility index (Phi) is 7.29. The summed E-state index contributed by atoms with van der Waals surface area (Å²) in [7, 11) is 1.38. The van der Waals surface area contributed by atoms with Gasteiger partial charge in [-0.2, -0.15) is 0 Å². The minimum atomic E-state index is -0.575. The van der Waals surface area contributed by atoms with Crippen molar-refractivity contribution in [2.24, 2.45) is 0 Å². The lowest BCUT2D eigenvalue weighted by Gasteiger charge is -2.18. The maximum Gasteiger partial charge on any atom is 0.335 e. The minimum Gasteiger partial charge on any atom is -0.493 e. The molecule has 1 aromatic carbocycles. The molecule has 112 valence electrons. The van der Waals surface area contributed by atoms with Crippen molar-refractivity contribution in [2.75, 3.05) is 13.7 Å². The van der Waals surface area contributed by atoms with Crippen LogP contribution in [0.3, 0.4) is 0 Å². The third-order valence-corrected chi connectivity index (χ3v) is 3.46. The molecular formula is C15H21IO4. The van der Waals surface area contributed by atoms with E-state index in [2.05, 4.69) is 22.6 Å². The first kappa shape index (κ1) is 17.2. The molecule has 0 bridgehead atoms. The van der Waals surface area contributed by atoms with Gasteiger partial charge in [0.1, 0.15) is 5.75 Å². The van der Waals surface area contributed by atoms with Gasteiger partial charge in [-0.15, -0.1) is 0 Å². The van der Waals surface area contributed by atoms with Crippen LogP contribution >= 0.6 is 22.6 Å². The number of halogens is 1. The summed E-state index contributed by atoms with van der Waals surface area (Å²) in [5.41, 5.74) is 1.02. The van der Waals surface area contributed by atoms with Crippen LogP contribution in [0.15, 0.2) is 18.2 Å². The normalized spacial score (nSPS) is 12.3. The van der Waals surface area contributed by atoms with Crippen molar-refractivity contribution >= 4 is 28.6 Å². The lowest BCUT2D eigenvalue weighted by molar-refractivity contribution is -0.156. The number of hydrogen-bond acceptors (Lipinski definition) is 4. The number of esters is 1. The Hall–Kier alpha value is -0.820. The van der Waals surface area contributed by atoms with Crippen molar-refractivity contribution in [1.82, 2.24) is 0 Å². The van der Waals surface area contributed by atoms with Gasteiger partial charge in [0, 0.05) is 6.42 Å². The molecular weight excluding hydrogens is 371 g/mol. The molecule has 0 amide bonds. The smallest absolute Gasteiger partial charge is 0.335 e. The summed E-state index contributed by atoms with van der Waals surface area (Å²) in [5, 5.41) is 0. The molecule has 0 fully saturated rings. The van der Waals surface area contributed by atoms with E-state index in [9.17, 15) is 4.79 Å². The van der Waals surface area contributed by atoms with Crippen molar-refractivity contribution in [3.63, 3.8) is 0 Å². The summed E-state index contributed by atoms with van der Waals surface area (Å²) in [6.45, 7) is 6.39. The molecule has 1 atom stereocenters. The Labute approximate surface area is 133 Å². The average Bonchev–Trinajstić information content (AvgIpc) is 2.40. The molecule has 1 aromatic rings. The second-order valence-corrected chi connectivity index (χ2v) is 5.76. The quantitative estimate of drug-likeness (QED) is 0.528. The highest BCUT2D eigenvalue weighted by Gasteiger charge is 2.22. The molecule has 1 unspecified atom stereocenters. The summed E-state index contributed by atoms with van der Waals surface area (Å²) >= 11 is 2.23. The van der Waals surface area contributed by atoms with Crippen LogP contribution in [0.1, 0.15) is 26.3 Å². The molecule has 0 saturated carbocycles. The molecule has 0 saturated heterocycles. The number of rotatable bonds is 7. The van der Waals surface area contributed by atoms with E-state index < -0.39 is 6.10 Å². The van der Waals surface area contributed by atoms with Gasteiger partial charge in [-0.1, -0.05) is 6.07 Å². The van der Waals surface area contributed by atoms with Gasteiger partial charge in [0.2, 0.25) is 0 Å². The number of ether oxygens (including phenoxy) is 3. The highest BCUT2D eigenvalue weighted by atomic mass is 127. The van der Waals surface area contributed by atoms with Crippen LogP contribution in [-0.4, -0.2) is 31.9 Å². The lowest BCUT2D eigenvalue weighted by Crippen LogP contribution is -2.30. The van der Waals surface area contributed by atoms with Crippen LogP contribution < -0.4 is 4.74 Å². The van der Waals surface area contributed by atoms with Gasteiger partial charge in [-0.25, -0.2) is 4.79 Å². The average molecular weight is 392 g/mol. The lowest BCUT2D eigenvalue weighted by atomic mass is 10.1. The molecule has 20 heavy (non-hydrogen) atoms. The number of methoxy groups -OCH3 is 1. The third-order valence-electron chi connectivity index (χ3n) is 2.62. The second-order valence-electron chi connectivity index (χ2n) is 4.60. The van der Waals surface area contributed by atoms with E-state index in [0.717, 1.165) is 14.9 Å². The van der Waals surface area contributed by atoms with Crippen LogP contribution in [0.2, 0.25) is 0 Å². The van der Waals surface area contributed by atoms with Crippen LogP contribution in [-0.2, 0) is 20.7 Å².